The number of nitrogen functional groups attached to an aromatic ring is 1. The van der Waals surface area contributed by atoms with E-state index in [9.17, 15) is 8.78 Å². The Hall–Kier alpha value is -3.41. The molecular formula is C19H12F2N4. The Labute approximate surface area is 142 Å². The molecule has 0 aliphatic carbocycles. The number of pyridine rings is 1. The minimum Gasteiger partial charge on any atom is -0.383 e. The van der Waals surface area contributed by atoms with Crippen LogP contribution in [-0.4, -0.2) is 15.0 Å². The highest BCUT2D eigenvalue weighted by molar-refractivity contribution is 5.93. The van der Waals surface area contributed by atoms with E-state index in [-0.39, 0.29) is 5.82 Å². The molecule has 122 valence electrons. The average Bonchev–Trinajstić information content (AvgIpc) is 2.62. The van der Waals surface area contributed by atoms with Crippen LogP contribution >= 0.6 is 0 Å². The fourth-order valence-electron chi connectivity index (χ4n) is 2.67. The number of hydrogen-bond donors (Lipinski definition) is 1. The molecule has 0 radical (unpaired) electrons. The Morgan fingerprint density at radius 1 is 0.880 bits per heavy atom. The maximum absolute atomic E-state index is 14.0. The number of benzene rings is 2. The highest BCUT2D eigenvalue weighted by atomic mass is 19.1. The molecule has 0 bridgehead atoms. The quantitative estimate of drug-likeness (QED) is 0.596. The molecule has 0 fully saturated rings. The van der Waals surface area contributed by atoms with Crippen LogP contribution in [0.2, 0.25) is 0 Å². The zero-order chi connectivity index (χ0) is 17.4. The molecule has 0 aliphatic heterocycles. The van der Waals surface area contributed by atoms with Crippen molar-refractivity contribution in [1.82, 2.24) is 15.0 Å². The Bertz CT molecular complexity index is 1080. The summed E-state index contributed by atoms with van der Waals surface area (Å²) in [5.74, 6) is -0.496. The molecule has 0 saturated heterocycles. The first-order valence-corrected chi connectivity index (χ1v) is 7.55. The van der Waals surface area contributed by atoms with E-state index in [0.717, 1.165) is 11.6 Å². The maximum Gasteiger partial charge on any atom is 0.163 e. The van der Waals surface area contributed by atoms with E-state index < -0.39 is 11.6 Å². The first kappa shape index (κ1) is 15.1. The molecule has 4 nitrogen and oxygen atoms in total. The number of nitrogens with two attached hydrogens (primary N) is 1. The van der Waals surface area contributed by atoms with Crippen LogP contribution in [-0.2, 0) is 0 Å². The molecule has 6 heteroatoms. The summed E-state index contributed by atoms with van der Waals surface area (Å²) in [6.45, 7) is 0. The fraction of sp³-hybridized carbons (Fsp3) is 0. The second-order valence-electron chi connectivity index (χ2n) is 5.53. The Morgan fingerprint density at radius 3 is 2.52 bits per heavy atom. The molecule has 2 N–H and O–H groups in total. The van der Waals surface area contributed by atoms with E-state index in [1.807, 2.05) is 6.07 Å². The van der Waals surface area contributed by atoms with Gasteiger partial charge in [0, 0.05) is 35.0 Å². The number of rotatable bonds is 2. The Kier molecular flexibility index (Phi) is 3.57. The third kappa shape index (κ3) is 2.78. The van der Waals surface area contributed by atoms with Gasteiger partial charge in [0.15, 0.2) is 5.82 Å². The van der Waals surface area contributed by atoms with Gasteiger partial charge in [-0.1, -0.05) is 6.07 Å². The van der Waals surface area contributed by atoms with Gasteiger partial charge >= 0.3 is 0 Å². The monoisotopic (exact) mass is 334 g/mol. The number of anilines is 1. The predicted molar refractivity (Wildman–Crippen MR) is 92.5 cm³/mol. The Morgan fingerprint density at radius 2 is 1.76 bits per heavy atom. The van der Waals surface area contributed by atoms with Gasteiger partial charge in [0.05, 0.1) is 5.52 Å². The second-order valence-corrected chi connectivity index (χ2v) is 5.53. The molecule has 4 rings (SSSR count). The van der Waals surface area contributed by atoms with Gasteiger partial charge in [0.2, 0.25) is 0 Å². The summed E-state index contributed by atoms with van der Waals surface area (Å²) in [6, 6.07) is 12.3. The van der Waals surface area contributed by atoms with Crippen molar-refractivity contribution in [2.75, 3.05) is 5.73 Å². The van der Waals surface area contributed by atoms with Crippen LogP contribution in [0.3, 0.4) is 0 Å². The van der Waals surface area contributed by atoms with Crippen molar-refractivity contribution in [2.45, 2.75) is 0 Å². The smallest absolute Gasteiger partial charge is 0.163 e. The standard InChI is InChI=1S/C19H12F2N4/c20-13-4-5-14(16(21)9-13)11-3-6-17-15(8-11)18(22)25-19(24-17)12-2-1-7-23-10-12/h1-10H,(H2,22,24,25). The normalized spacial score (nSPS) is 11.0. The molecule has 0 aliphatic rings. The maximum atomic E-state index is 14.0. The molecule has 4 aromatic rings. The van der Waals surface area contributed by atoms with E-state index in [4.69, 9.17) is 5.73 Å². The largest absolute Gasteiger partial charge is 0.383 e. The lowest BCUT2D eigenvalue weighted by Crippen LogP contribution is -1.98. The van der Waals surface area contributed by atoms with E-state index in [2.05, 4.69) is 15.0 Å². The summed E-state index contributed by atoms with van der Waals surface area (Å²) in [5, 5.41) is 0.605. The summed E-state index contributed by atoms with van der Waals surface area (Å²) >= 11 is 0. The van der Waals surface area contributed by atoms with Gasteiger partial charge in [0.1, 0.15) is 17.5 Å². The fourth-order valence-corrected chi connectivity index (χ4v) is 2.67. The van der Waals surface area contributed by atoms with Gasteiger partial charge in [0.25, 0.3) is 0 Å². The van der Waals surface area contributed by atoms with E-state index in [1.165, 1.54) is 12.1 Å². The highest BCUT2D eigenvalue weighted by Gasteiger charge is 2.11. The van der Waals surface area contributed by atoms with Crippen molar-refractivity contribution in [1.29, 1.82) is 0 Å². The molecule has 2 heterocycles. The number of halogens is 2. The van der Waals surface area contributed by atoms with Crippen molar-refractivity contribution >= 4 is 16.7 Å². The molecule has 0 atom stereocenters. The van der Waals surface area contributed by atoms with Gasteiger partial charge in [-0.25, -0.2) is 18.7 Å². The van der Waals surface area contributed by atoms with Gasteiger partial charge in [-0.3, -0.25) is 4.98 Å². The van der Waals surface area contributed by atoms with Crippen LogP contribution in [0, 0.1) is 11.6 Å². The molecule has 0 amide bonds. The third-order valence-corrected chi connectivity index (χ3v) is 3.89. The lowest BCUT2D eigenvalue weighted by atomic mass is 10.0. The summed E-state index contributed by atoms with van der Waals surface area (Å²) in [5.41, 5.74) is 8.34. The van der Waals surface area contributed by atoms with E-state index in [0.29, 0.717) is 27.9 Å². The first-order valence-electron chi connectivity index (χ1n) is 7.55. The van der Waals surface area contributed by atoms with Crippen molar-refractivity contribution in [3.05, 3.63) is 72.6 Å². The van der Waals surface area contributed by atoms with Crippen LogP contribution in [0.5, 0.6) is 0 Å². The summed E-state index contributed by atoms with van der Waals surface area (Å²) in [7, 11) is 0. The zero-order valence-electron chi connectivity index (χ0n) is 12.9. The molecule has 0 saturated carbocycles. The highest BCUT2D eigenvalue weighted by Crippen LogP contribution is 2.29. The van der Waals surface area contributed by atoms with Crippen molar-refractivity contribution in [3.8, 4) is 22.5 Å². The molecule has 2 aromatic carbocycles. The van der Waals surface area contributed by atoms with Crippen molar-refractivity contribution in [3.63, 3.8) is 0 Å². The number of aromatic nitrogens is 3. The summed E-state index contributed by atoms with van der Waals surface area (Å²) < 4.78 is 27.1. The van der Waals surface area contributed by atoms with Crippen molar-refractivity contribution in [2.24, 2.45) is 0 Å². The molecule has 0 spiro atoms. The average molecular weight is 334 g/mol. The van der Waals surface area contributed by atoms with Gasteiger partial charge in [-0.2, -0.15) is 0 Å². The minimum atomic E-state index is -0.634. The number of nitrogens with zero attached hydrogens (tertiary/aromatic N) is 3. The number of fused-ring (bicyclic) bond motifs is 1. The minimum absolute atomic E-state index is 0.285. The summed E-state index contributed by atoms with van der Waals surface area (Å²) in [4.78, 5) is 12.9. The molecule has 2 aromatic heterocycles. The molecular weight excluding hydrogens is 322 g/mol. The van der Waals surface area contributed by atoms with Crippen molar-refractivity contribution < 1.29 is 8.78 Å². The van der Waals surface area contributed by atoms with Crippen LogP contribution < -0.4 is 5.73 Å². The van der Waals surface area contributed by atoms with E-state index >= 15 is 0 Å². The zero-order valence-corrected chi connectivity index (χ0v) is 12.9. The van der Waals surface area contributed by atoms with Gasteiger partial charge in [-0.15, -0.1) is 0 Å². The second kappa shape index (κ2) is 5.90. The lowest BCUT2D eigenvalue weighted by Gasteiger charge is -2.08. The van der Waals surface area contributed by atoms with Gasteiger partial charge in [-0.05, 0) is 42.0 Å². The molecule has 25 heavy (non-hydrogen) atoms. The summed E-state index contributed by atoms with van der Waals surface area (Å²) in [6.07, 6.45) is 3.32. The Balaban J connectivity index is 1.86. The van der Waals surface area contributed by atoms with Crippen LogP contribution in [0.4, 0.5) is 14.6 Å². The topological polar surface area (TPSA) is 64.7 Å². The molecule has 0 unspecified atom stereocenters. The lowest BCUT2D eigenvalue weighted by molar-refractivity contribution is 0.585. The first-order chi connectivity index (χ1) is 12.1. The number of hydrogen-bond acceptors (Lipinski definition) is 4. The SMILES string of the molecule is Nc1nc(-c2cccnc2)nc2ccc(-c3ccc(F)cc3F)cc12. The third-order valence-electron chi connectivity index (χ3n) is 3.89. The van der Waals surface area contributed by atoms with Crippen LogP contribution in [0.15, 0.2) is 60.9 Å². The van der Waals surface area contributed by atoms with E-state index in [1.54, 1.807) is 36.7 Å². The van der Waals surface area contributed by atoms with Gasteiger partial charge < -0.3 is 5.73 Å². The van der Waals surface area contributed by atoms with Crippen LogP contribution in [0.25, 0.3) is 33.4 Å². The predicted octanol–water partition coefficient (Wildman–Crippen LogP) is 4.22. The van der Waals surface area contributed by atoms with Crippen LogP contribution in [0.1, 0.15) is 0 Å².